The molecule has 0 saturated heterocycles. The quantitative estimate of drug-likeness (QED) is 0.786. The highest BCUT2D eigenvalue weighted by atomic mass is 32.1. The molecule has 1 aliphatic rings. The molecule has 0 saturated carbocycles. The molecule has 0 aromatic carbocycles. The fraction of sp³-hybridized carbons (Fsp3) is 0.444. The molecule has 0 spiro atoms. The van der Waals surface area contributed by atoms with Crippen LogP contribution in [0.4, 0.5) is 0 Å². The fourth-order valence-electron chi connectivity index (χ4n) is 1.30. The van der Waals surface area contributed by atoms with E-state index in [2.05, 4.69) is 4.98 Å². The highest BCUT2D eigenvalue weighted by Crippen LogP contribution is 2.27. The molecule has 1 aromatic rings. The minimum Gasteiger partial charge on any atom is -0.501 e. The van der Waals surface area contributed by atoms with Crippen LogP contribution < -0.4 is 0 Å². The molecule has 0 aliphatic carbocycles. The van der Waals surface area contributed by atoms with Crippen molar-refractivity contribution in [3.63, 3.8) is 0 Å². The molecule has 3 nitrogen and oxygen atoms in total. The van der Waals surface area contributed by atoms with E-state index >= 15 is 0 Å². The Morgan fingerprint density at radius 1 is 1.69 bits per heavy atom. The van der Waals surface area contributed by atoms with E-state index < -0.39 is 6.10 Å². The van der Waals surface area contributed by atoms with Gasteiger partial charge < -0.3 is 9.84 Å². The molecule has 0 fully saturated rings. The Kier molecular flexibility index (Phi) is 2.33. The molecule has 1 aromatic heterocycles. The van der Waals surface area contributed by atoms with Gasteiger partial charge >= 0.3 is 0 Å². The zero-order valence-corrected chi connectivity index (χ0v) is 8.17. The first kappa shape index (κ1) is 8.72. The monoisotopic (exact) mass is 197 g/mol. The van der Waals surface area contributed by atoms with E-state index in [1.807, 2.05) is 12.3 Å². The molecule has 13 heavy (non-hydrogen) atoms. The van der Waals surface area contributed by atoms with Gasteiger partial charge in [-0.15, -0.1) is 11.3 Å². The number of aliphatic hydroxyl groups excluding tert-OH is 1. The van der Waals surface area contributed by atoms with Crippen LogP contribution in [0, 0.1) is 6.92 Å². The van der Waals surface area contributed by atoms with Crippen molar-refractivity contribution in [1.82, 2.24) is 4.98 Å². The summed E-state index contributed by atoms with van der Waals surface area (Å²) in [5.41, 5.74) is 1.66. The molecule has 1 N–H and O–H groups in total. The van der Waals surface area contributed by atoms with E-state index in [9.17, 15) is 5.11 Å². The second-order valence-electron chi connectivity index (χ2n) is 3.01. The molecule has 2 rings (SSSR count). The summed E-state index contributed by atoms with van der Waals surface area (Å²) < 4.78 is 5.06. The molecular weight excluding hydrogens is 186 g/mol. The average Bonchev–Trinajstić information content (AvgIpc) is 2.72. The highest BCUT2D eigenvalue weighted by Gasteiger charge is 2.19. The van der Waals surface area contributed by atoms with Crippen molar-refractivity contribution in [2.24, 2.45) is 0 Å². The Hall–Kier alpha value is -0.870. The topological polar surface area (TPSA) is 42.4 Å². The number of aromatic nitrogens is 1. The Bertz CT molecular complexity index is 332. The predicted octanol–water partition coefficient (Wildman–Crippen LogP) is 1.79. The van der Waals surface area contributed by atoms with E-state index in [4.69, 9.17) is 4.74 Å². The summed E-state index contributed by atoms with van der Waals surface area (Å²) in [6, 6.07) is 0. The Labute approximate surface area is 80.7 Å². The number of hydrogen-bond donors (Lipinski definition) is 1. The van der Waals surface area contributed by atoms with Gasteiger partial charge in [-0.2, -0.15) is 0 Å². The van der Waals surface area contributed by atoms with E-state index in [1.165, 1.54) is 0 Å². The summed E-state index contributed by atoms with van der Waals surface area (Å²) in [5.74, 6) is 0. The molecule has 2 heterocycles. The van der Waals surface area contributed by atoms with Crippen LogP contribution in [0.1, 0.15) is 23.2 Å². The van der Waals surface area contributed by atoms with Gasteiger partial charge in [-0.1, -0.05) is 0 Å². The van der Waals surface area contributed by atoms with Gasteiger partial charge in [0, 0.05) is 17.4 Å². The Morgan fingerprint density at radius 3 is 3.08 bits per heavy atom. The van der Waals surface area contributed by atoms with E-state index in [-0.39, 0.29) is 0 Å². The SMILES string of the molecule is Cc1nc(C(O)C2=COCC2)cs1. The summed E-state index contributed by atoms with van der Waals surface area (Å²) in [6.45, 7) is 2.61. The Balaban J connectivity index is 2.16. The van der Waals surface area contributed by atoms with Crippen LogP contribution in [0.15, 0.2) is 17.2 Å². The first-order valence-corrected chi connectivity index (χ1v) is 5.06. The normalized spacial score (nSPS) is 18.2. The minimum atomic E-state index is -0.576. The lowest BCUT2D eigenvalue weighted by Crippen LogP contribution is -2.00. The van der Waals surface area contributed by atoms with Crippen LogP contribution in [-0.2, 0) is 4.74 Å². The summed E-state index contributed by atoms with van der Waals surface area (Å²) in [5, 5.41) is 12.7. The van der Waals surface area contributed by atoms with E-state index in [0.29, 0.717) is 6.61 Å². The third-order valence-corrected chi connectivity index (χ3v) is 2.80. The van der Waals surface area contributed by atoms with Gasteiger partial charge in [-0.25, -0.2) is 4.98 Å². The summed E-state index contributed by atoms with van der Waals surface area (Å²) in [6.07, 6.45) is 1.87. The number of thiazole rings is 1. The summed E-state index contributed by atoms with van der Waals surface area (Å²) in [4.78, 5) is 4.23. The first-order chi connectivity index (χ1) is 6.27. The van der Waals surface area contributed by atoms with Crippen LogP contribution in [0.25, 0.3) is 0 Å². The van der Waals surface area contributed by atoms with Crippen molar-refractivity contribution in [3.05, 3.63) is 27.9 Å². The van der Waals surface area contributed by atoms with Crippen molar-refractivity contribution < 1.29 is 9.84 Å². The van der Waals surface area contributed by atoms with Gasteiger partial charge in [-0.3, -0.25) is 0 Å². The highest BCUT2D eigenvalue weighted by molar-refractivity contribution is 7.09. The number of aliphatic hydroxyl groups is 1. The molecule has 70 valence electrons. The maximum Gasteiger partial charge on any atom is 0.121 e. The van der Waals surface area contributed by atoms with E-state index in [0.717, 1.165) is 22.7 Å². The summed E-state index contributed by atoms with van der Waals surface area (Å²) >= 11 is 1.55. The minimum absolute atomic E-state index is 0.576. The molecule has 0 amide bonds. The first-order valence-electron chi connectivity index (χ1n) is 4.18. The third-order valence-electron chi connectivity index (χ3n) is 2.01. The molecule has 1 aliphatic heterocycles. The van der Waals surface area contributed by atoms with Crippen LogP contribution in [0.3, 0.4) is 0 Å². The van der Waals surface area contributed by atoms with Crippen molar-refractivity contribution in [1.29, 1.82) is 0 Å². The van der Waals surface area contributed by atoms with Crippen LogP contribution >= 0.6 is 11.3 Å². The van der Waals surface area contributed by atoms with Gasteiger partial charge in [0.2, 0.25) is 0 Å². The zero-order valence-electron chi connectivity index (χ0n) is 7.36. The largest absolute Gasteiger partial charge is 0.501 e. The number of ether oxygens (including phenoxy) is 1. The van der Waals surface area contributed by atoms with Crippen molar-refractivity contribution in [3.8, 4) is 0 Å². The lowest BCUT2D eigenvalue weighted by Gasteiger charge is -2.06. The number of nitrogens with zero attached hydrogens (tertiary/aromatic N) is 1. The molecule has 0 radical (unpaired) electrons. The standard InChI is InChI=1S/C9H11NO2S/c1-6-10-8(5-13-6)9(11)7-2-3-12-4-7/h4-5,9,11H,2-3H2,1H3. The van der Waals surface area contributed by atoms with Crippen molar-refractivity contribution in [2.75, 3.05) is 6.61 Å². The van der Waals surface area contributed by atoms with Gasteiger partial charge in [0.25, 0.3) is 0 Å². The van der Waals surface area contributed by atoms with Crippen LogP contribution in [-0.4, -0.2) is 16.7 Å². The van der Waals surface area contributed by atoms with Gasteiger partial charge in [0.1, 0.15) is 6.10 Å². The number of rotatable bonds is 2. The van der Waals surface area contributed by atoms with E-state index in [1.54, 1.807) is 17.6 Å². The predicted molar refractivity (Wildman–Crippen MR) is 50.5 cm³/mol. The lowest BCUT2D eigenvalue weighted by molar-refractivity contribution is 0.209. The molecule has 1 atom stereocenters. The van der Waals surface area contributed by atoms with Gasteiger partial charge in [0.15, 0.2) is 0 Å². The second kappa shape index (κ2) is 3.47. The molecular formula is C9H11NO2S. The smallest absolute Gasteiger partial charge is 0.121 e. The van der Waals surface area contributed by atoms with Crippen LogP contribution in [0.5, 0.6) is 0 Å². The van der Waals surface area contributed by atoms with Crippen molar-refractivity contribution in [2.45, 2.75) is 19.4 Å². The zero-order chi connectivity index (χ0) is 9.26. The molecule has 1 unspecified atom stereocenters. The summed E-state index contributed by atoms with van der Waals surface area (Å²) in [7, 11) is 0. The van der Waals surface area contributed by atoms with Crippen molar-refractivity contribution >= 4 is 11.3 Å². The maximum atomic E-state index is 9.83. The maximum absolute atomic E-state index is 9.83. The fourth-order valence-corrected chi connectivity index (χ4v) is 1.93. The molecule has 4 heteroatoms. The van der Waals surface area contributed by atoms with Gasteiger partial charge in [-0.05, 0) is 6.92 Å². The number of hydrogen-bond acceptors (Lipinski definition) is 4. The lowest BCUT2D eigenvalue weighted by atomic mass is 10.1. The molecule has 0 bridgehead atoms. The Morgan fingerprint density at radius 2 is 2.54 bits per heavy atom. The van der Waals surface area contributed by atoms with Crippen LogP contribution in [0.2, 0.25) is 0 Å². The number of aryl methyl sites for hydroxylation is 1. The average molecular weight is 197 g/mol. The third kappa shape index (κ3) is 1.73. The second-order valence-corrected chi connectivity index (χ2v) is 4.07. The van der Waals surface area contributed by atoms with Gasteiger partial charge in [0.05, 0.1) is 23.6 Å².